The average Bonchev–Trinajstić information content (AvgIpc) is 2.92. The Morgan fingerprint density at radius 2 is 1.95 bits per heavy atom. The Labute approximate surface area is 130 Å². The van der Waals surface area contributed by atoms with Gasteiger partial charge in [0.1, 0.15) is 0 Å². The first kappa shape index (κ1) is 16.1. The first-order chi connectivity index (χ1) is 10.5. The van der Waals surface area contributed by atoms with Crippen molar-refractivity contribution < 1.29 is 19.4 Å². The highest BCUT2D eigenvalue weighted by molar-refractivity contribution is 7.32. The van der Waals surface area contributed by atoms with Crippen molar-refractivity contribution in [1.82, 2.24) is 0 Å². The van der Waals surface area contributed by atoms with Gasteiger partial charge < -0.3 is 9.84 Å². The maximum atomic E-state index is 11.4. The lowest BCUT2D eigenvalue weighted by Gasteiger charge is -2.08. The maximum absolute atomic E-state index is 11.4. The molecule has 22 heavy (non-hydrogen) atoms. The highest BCUT2D eigenvalue weighted by Gasteiger charge is 2.17. The molecule has 0 spiro atoms. The van der Waals surface area contributed by atoms with Gasteiger partial charge >= 0.3 is 11.9 Å². The van der Waals surface area contributed by atoms with Crippen molar-refractivity contribution in [2.24, 2.45) is 0 Å². The number of rotatable bonds is 6. The third-order valence-corrected chi connectivity index (χ3v) is 4.44. The number of esters is 1. The molecular formula is C17H17O4P. The summed E-state index contributed by atoms with van der Waals surface area (Å²) >= 11 is 0. The van der Waals surface area contributed by atoms with E-state index in [0.717, 1.165) is 16.7 Å². The Morgan fingerprint density at radius 3 is 2.55 bits per heavy atom. The van der Waals surface area contributed by atoms with Crippen molar-refractivity contribution in [3.8, 4) is 11.1 Å². The fourth-order valence-electron chi connectivity index (χ4n) is 2.14. The Balaban J connectivity index is 2.23. The smallest absolute Gasteiger partial charge is 0.340 e. The van der Waals surface area contributed by atoms with E-state index in [2.05, 4.69) is 6.58 Å². The zero-order valence-electron chi connectivity index (χ0n) is 12.3. The molecule has 0 radical (unpaired) electrons. The monoisotopic (exact) mass is 316 g/mol. The predicted octanol–water partition coefficient (Wildman–Crippen LogP) is 3.74. The molecular weight excluding hydrogens is 299 g/mol. The second-order valence-electron chi connectivity index (χ2n) is 4.90. The molecule has 1 atom stereocenters. The Hall–Kier alpha value is -2.32. The zero-order valence-corrected chi connectivity index (χ0v) is 13.3. The van der Waals surface area contributed by atoms with E-state index in [0.29, 0.717) is 17.3 Å². The lowest BCUT2D eigenvalue weighted by molar-refractivity contribution is -0.138. The van der Waals surface area contributed by atoms with Gasteiger partial charge in [0.25, 0.3) is 0 Å². The summed E-state index contributed by atoms with van der Waals surface area (Å²) in [7, 11) is 0.127. The minimum atomic E-state index is -0.901. The number of benzene rings is 1. The fraction of sp³-hybridized carbons (Fsp3) is 0.176. The summed E-state index contributed by atoms with van der Waals surface area (Å²) in [5.41, 5.74) is 2.89. The number of hydrogen-bond acceptors (Lipinski definition) is 3. The topological polar surface area (TPSA) is 63.6 Å². The van der Waals surface area contributed by atoms with Crippen molar-refractivity contribution in [3.63, 3.8) is 0 Å². The molecule has 5 heteroatoms. The molecule has 1 aromatic carbocycles. The number of aromatic carboxylic acids is 1. The Morgan fingerprint density at radius 1 is 1.27 bits per heavy atom. The van der Waals surface area contributed by atoms with Crippen LogP contribution in [0.5, 0.6) is 0 Å². The standard InChI is InChI=1S/C17H17O4P/c1-11(2)17(20)21-9-8-13-10-22-15(16(18)19)14(13)12-6-4-3-5-7-12/h3-7,10,22H,1,8-9H2,2H3,(H,18,19). The van der Waals surface area contributed by atoms with E-state index in [1.54, 1.807) is 6.92 Å². The number of carboxylic acids is 1. The molecule has 0 saturated carbocycles. The van der Waals surface area contributed by atoms with Gasteiger partial charge in [0.15, 0.2) is 0 Å². The van der Waals surface area contributed by atoms with E-state index >= 15 is 0 Å². The lowest BCUT2D eigenvalue weighted by atomic mass is 10.00. The van der Waals surface area contributed by atoms with Gasteiger partial charge in [-0.05, 0) is 23.8 Å². The fourth-order valence-corrected chi connectivity index (χ4v) is 3.32. The second-order valence-corrected chi connectivity index (χ2v) is 5.98. The number of ether oxygens (including phenoxy) is 1. The number of hydrogen-bond donors (Lipinski definition) is 1. The Bertz CT molecular complexity index is 701. The molecule has 1 N–H and O–H groups in total. The van der Waals surface area contributed by atoms with Crippen molar-refractivity contribution in [2.45, 2.75) is 13.3 Å². The van der Waals surface area contributed by atoms with Gasteiger partial charge in [-0.15, -0.1) is 8.19 Å². The van der Waals surface area contributed by atoms with Crippen molar-refractivity contribution in [3.05, 3.63) is 59.1 Å². The molecule has 0 amide bonds. The van der Waals surface area contributed by atoms with Crippen LogP contribution in [-0.4, -0.2) is 23.7 Å². The summed E-state index contributed by atoms with van der Waals surface area (Å²) in [6.45, 7) is 5.34. The number of carbonyl (C=O) groups is 2. The molecule has 1 heterocycles. The summed E-state index contributed by atoms with van der Waals surface area (Å²) in [5.74, 6) is 0.590. The summed E-state index contributed by atoms with van der Waals surface area (Å²) in [5, 5.41) is 9.78. The van der Waals surface area contributed by atoms with E-state index in [1.165, 1.54) is 0 Å². The van der Waals surface area contributed by atoms with E-state index in [-0.39, 0.29) is 14.8 Å². The molecule has 0 fully saturated rings. The largest absolute Gasteiger partial charge is 0.477 e. The predicted molar refractivity (Wildman–Crippen MR) is 87.8 cm³/mol. The maximum Gasteiger partial charge on any atom is 0.340 e. The van der Waals surface area contributed by atoms with Gasteiger partial charge in [0, 0.05) is 17.6 Å². The van der Waals surface area contributed by atoms with Crippen LogP contribution in [0.3, 0.4) is 0 Å². The SMILES string of the molecule is C=C(C)C(=O)OCCc1c[pH]c(C(=O)O)c1-c1ccccc1. The van der Waals surface area contributed by atoms with Gasteiger partial charge in [0.2, 0.25) is 0 Å². The number of carbonyl (C=O) groups excluding carboxylic acids is 1. The molecule has 0 aliphatic heterocycles. The van der Waals surface area contributed by atoms with Crippen LogP contribution in [0, 0.1) is 0 Å². The quantitative estimate of drug-likeness (QED) is 0.651. The van der Waals surface area contributed by atoms with Crippen LogP contribution in [0.15, 0.2) is 48.3 Å². The van der Waals surface area contributed by atoms with Crippen LogP contribution < -0.4 is 0 Å². The first-order valence-corrected chi connectivity index (χ1v) is 7.90. The number of carboxylic acid groups (broad SMARTS) is 1. The highest BCUT2D eigenvalue weighted by Crippen LogP contribution is 2.36. The normalized spacial score (nSPS) is 10.6. The second kappa shape index (κ2) is 7.10. The van der Waals surface area contributed by atoms with E-state index in [9.17, 15) is 14.7 Å². The van der Waals surface area contributed by atoms with Crippen LogP contribution in [0.1, 0.15) is 22.6 Å². The third kappa shape index (κ3) is 3.66. The van der Waals surface area contributed by atoms with E-state index < -0.39 is 11.9 Å². The van der Waals surface area contributed by atoms with Gasteiger partial charge in [-0.25, -0.2) is 9.59 Å². The minimum absolute atomic E-state index is 0.127. The van der Waals surface area contributed by atoms with Crippen LogP contribution in [-0.2, 0) is 16.0 Å². The summed E-state index contributed by atoms with van der Waals surface area (Å²) in [6.07, 6.45) is 0.493. The summed E-state index contributed by atoms with van der Waals surface area (Å²) < 4.78 is 5.10. The molecule has 1 aromatic heterocycles. The summed E-state index contributed by atoms with van der Waals surface area (Å²) in [4.78, 5) is 22.8. The molecule has 0 aliphatic carbocycles. The molecule has 0 aliphatic rings. The minimum Gasteiger partial charge on any atom is -0.477 e. The van der Waals surface area contributed by atoms with Crippen molar-refractivity contribution in [2.75, 3.05) is 6.61 Å². The van der Waals surface area contributed by atoms with E-state index in [4.69, 9.17) is 4.74 Å². The average molecular weight is 316 g/mol. The van der Waals surface area contributed by atoms with Crippen LogP contribution in [0.2, 0.25) is 0 Å². The van der Waals surface area contributed by atoms with Crippen molar-refractivity contribution in [1.29, 1.82) is 0 Å². The van der Waals surface area contributed by atoms with Crippen molar-refractivity contribution >= 4 is 20.1 Å². The van der Waals surface area contributed by atoms with Gasteiger partial charge in [0.05, 0.1) is 11.9 Å². The zero-order chi connectivity index (χ0) is 16.1. The molecule has 0 saturated heterocycles. The third-order valence-electron chi connectivity index (χ3n) is 3.19. The van der Waals surface area contributed by atoms with Crippen LogP contribution in [0.4, 0.5) is 0 Å². The molecule has 1 unspecified atom stereocenters. The van der Waals surface area contributed by atoms with Gasteiger partial charge in [-0.1, -0.05) is 36.9 Å². The summed E-state index contributed by atoms with van der Waals surface area (Å²) in [6, 6.07) is 9.42. The van der Waals surface area contributed by atoms with Gasteiger partial charge in [-0.3, -0.25) is 0 Å². The lowest BCUT2D eigenvalue weighted by Crippen LogP contribution is -2.08. The molecule has 114 valence electrons. The van der Waals surface area contributed by atoms with Crippen LogP contribution in [0.25, 0.3) is 11.1 Å². The molecule has 4 nitrogen and oxygen atoms in total. The molecule has 0 bridgehead atoms. The van der Waals surface area contributed by atoms with E-state index in [1.807, 2.05) is 36.1 Å². The molecule has 2 aromatic rings. The van der Waals surface area contributed by atoms with Gasteiger partial charge in [-0.2, -0.15) is 0 Å². The highest BCUT2D eigenvalue weighted by atomic mass is 31.0. The molecule has 2 rings (SSSR count). The van der Waals surface area contributed by atoms with Crippen LogP contribution >= 0.6 is 8.19 Å². The Kier molecular flexibility index (Phi) is 5.18. The first-order valence-electron chi connectivity index (χ1n) is 6.82.